The van der Waals surface area contributed by atoms with E-state index in [-0.39, 0.29) is 6.04 Å². The summed E-state index contributed by atoms with van der Waals surface area (Å²) in [4.78, 5) is 6.56. The molecule has 2 N–H and O–H groups in total. The summed E-state index contributed by atoms with van der Waals surface area (Å²) in [5.41, 5.74) is 11.2. The number of pyridine rings is 1. The fourth-order valence-electron chi connectivity index (χ4n) is 2.51. The Morgan fingerprint density at radius 3 is 2.65 bits per heavy atom. The number of benzene rings is 1. The number of nitrogens with two attached hydrogens (primary N) is 1. The molecule has 1 atom stereocenters. The Kier molecular flexibility index (Phi) is 4.88. The Balaban J connectivity index is 1.98. The normalized spacial score (nSPS) is 12.7. The second-order valence-electron chi connectivity index (χ2n) is 5.48. The summed E-state index contributed by atoms with van der Waals surface area (Å²) in [5.74, 6) is 0. The summed E-state index contributed by atoms with van der Waals surface area (Å²) in [6.45, 7) is 5.87. The van der Waals surface area contributed by atoms with Crippen molar-refractivity contribution in [1.82, 2.24) is 9.88 Å². The molecule has 20 heavy (non-hydrogen) atoms. The minimum atomic E-state index is 0.0318. The molecule has 0 fully saturated rings. The Labute approximate surface area is 121 Å². The number of aromatic nitrogens is 1. The van der Waals surface area contributed by atoms with E-state index in [0.717, 1.165) is 18.8 Å². The van der Waals surface area contributed by atoms with E-state index >= 15 is 0 Å². The Hall–Kier alpha value is -1.71. The molecule has 0 spiro atoms. The third-order valence-electron chi connectivity index (χ3n) is 3.49. The molecule has 0 saturated heterocycles. The lowest BCUT2D eigenvalue weighted by molar-refractivity contribution is 0.301. The maximum Gasteiger partial charge on any atom is 0.0543 e. The minimum Gasteiger partial charge on any atom is -0.323 e. The maximum atomic E-state index is 6.34. The number of rotatable bonds is 5. The van der Waals surface area contributed by atoms with Crippen molar-refractivity contribution in [3.63, 3.8) is 0 Å². The molecule has 1 heterocycles. The predicted octanol–water partition coefficient (Wildman–Crippen LogP) is 2.83. The van der Waals surface area contributed by atoms with Crippen LogP contribution in [0.4, 0.5) is 0 Å². The average Bonchev–Trinajstić information content (AvgIpc) is 2.39. The summed E-state index contributed by atoms with van der Waals surface area (Å²) in [7, 11) is 2.08. The van der Waals surface area contributed by atoms with Crippen LogP contribution in [0.3, 0.4) is 0 Å². The second kappa shape index (κ2) is 6.64. The molecule has 2 aromatic rings. The summed E-state index contributed by atoms with van der Waals surface area (Å²) in [6, 6.07) is 12.5. The maximum absolute atomic E-state index is 6.34. The van der Waals surface area contributed by atoms with E-state index in [1.54, 1.807) is 0 Å². The van der Waals surface area contributed by atoms with Crippen LogP contribution in [0.1, 0.15) is 28.4 Å². The molecule has 3 nitrogen and oxygen atoms in total. The van der Waals surface area contributed by atoms with Crippen LogP contribution in [-0.2, 0) is 6.54 Å². The first-order valence-electron chi connectivity index (χ1n) is 6.97. The van der Waals surface area contributed by atoms with Crippen molar-refractivity contribution in [1.29, 1.82) is 0 Å². The minimum absolute atomic E-state index is 0.0318. The molecule has 0 amide bonds. The van der Waals surface area contributed by atoms with Gasteiger partial charge in [0.15, 0.2) is 0 Å². The van der Waals surface area contributed by atoms with E-state index in [9.17, 15) is 0 Å². The van der Waals surface area contributed by atoms with Crippen molar-refractivity contribution in [3.8, 4) is 0 Å². The summed E-state index contributed by atoms with van der Waals surface area (Å²) in [6.07, 6.45) is 1.83. The fourth-order valence-corrected chi connectivity index (χ4v) is 2.51. The van der Waals surface area contributed by atoms with E-state index in [4.69, 9.17) is 5.73 Å². The van der Waals surface area contributed by atoms with Crippen LogP contribution in [0.2, 0.25) is 0 Å². The van der Waals surface area contributed by atoms with E-state index in [2.05, 4.69) is 49.0 Å². The van der Waals surface area contributed by atoms with Gasteiger partial charge in [0.1, 0.15) is 0 Å². The fraction of sp³-hybridized carbons (Fsp3) is 0.353. The monoisotopic (exact) mass is 269 g/mol. The highest BCUT2D eigenvalue weighted by atomic mass is 15.1. The summed E-state index contributed by atoms with van der Waals surface area (Å²) in [5, 5.41) is 0. The zero-order valence-corrected chi connectivity index (χ0v) is 12.5. The molecule has 3 heteroatoms. The predicted molar refractivity (Wildman–Crippen MR) is 83.4 cm³/mol. The van der Waals surface area contributed by atoms with Gasteiger partial charge in [0, 0.05) is 25.3 Å². The molecule has 0 aliphatic heterocycles. The van der Waals surface area contributed by atoms with Gasteiger partial charge in [-0.15, -0.1) is 0 Å². The van der Waals surface area contributed by atoms with Crippen LogP contribution in [0.5, 0.6) is 0 Å². The molecule has 0 bridgehead atoms. The molecule has 2 rings (SSSR count). The van der Waals surface area contributed by atoms with Gasteiger partial charge in [-0.25, -0.2) is 0 Å². The van der Waals surface area contributed by atoms with E-state index in [0.29, 0.717) is 0 Å². The van der Waals surface area contributed by atoms with Crippen LogP contribution in [-0.4, -0.2) is 23.5 Å². The van der Waals surface area contributed by atoms with E-state index < -0.39 is 0 Å². The van der Waals surface area contributed by atoms with Gasteiger partial charge < -0.3 is 5.73 Å². The van der Waals surface area contributed by atoms with Crippen LogP contribution in [0.25, 0.3) is 0 Å². The van der Waals surface area contributed by atoms with Gasteiger partial charge in [0.25, 0.3) is 0 Å². The van der Waals surface area contributed by atoms with Crippen molar-refractivity contribution in [3.05, 3.63) is 65.0 Å². The van der Waals surface area contributed by atoms with Crippen molar-refractivity contribution < 1.29 is 0 Å². The Morgan fingerprint density at radius 2 is 2.00 bits per heavy atom. The quantitative estimate of drug-likeness (QED) is 0.907. The van der Waals surface area contributed by atoms with Crippen LogP contribution < -0.4 is 5.73 Å². The molecule has 1 unspecified atom stereocenters. The summed E-state index contributed by atoms with van der Waals surface area (Å²) >= 11 is 0. The molecular weight excluding hydrogens is 246 g/mol. The van der Waals surface area contributed by atoms with Crippen molar-refractivity contribution in [2.75, 3.05) is 13.6 Å². The van der Waals surface area contributed by atoms with Gasteiger partial charge >= 0.3 is 0 Å². The van der Waals surface area contributed by atoms with Crippen LogP contribution >= 0.6 is 0 Å². The average molecular weight is 269 g/mol. The van der Waals surface area contributed by atoms with Crippen molar-refractivity contribution in [2.24, 2.45) is 5.73 Å². The Morgan fingerprint density at radius 1 is 1.20 bits per heavy atom. The number of hydrogen-bond donors (Lipinski definition) is 1. The van der Waals surface area contributed by atoms with Crippen molar-refractivity contribution >= 4 is 0 Å². The molecule has 106 valence electrons. The Bertz CT molecular complexity index is 551. The number of aryl methyl sites for hydroxylation is 2. The first-order valence-corrected chi connectivity index (χ1v) is 6.97. The molecule has 0 aliphatic rings. The molecule has 0 saturated carbocycles. The zero-order valence-electron chi connectivity index (χ0n) is 12.5. The van der Waals surface area contributed by atoms with Crippen LogP contribution in [0, 0.1) is 13.8 Å². The lowest BCUT2D eigenvalue weighted by Crippen LogP contribution is -2.29. The van der Waals surface area contributed by atoms with E-state index in [1.165, 1.54) is 16.7 Å². The van der Waals surface area contributed by atoms with Gasteiger partial charge in [-0.05, 0) is 44.2 Å². The SMILES string of the molecule is Cc1ccc(C(N)CN(C)Cc2ccccn2)c(C)c1. The lowest BCUT2D eigenvalue weighted by atomic mass is 9.99. The van der Waals surface area contributed by atoms with Gasteiger partial charge in [0.2, 0.25) is 0 Å². The molecule has 0 radical (unpaired) electrons. The molecule has 1 aromatic heterocycles. The van der Waals surface area contributed by atoms with Crippen molar-refractivity contribution in [2.45, 2.75) is 26.4 Å². The standard InChI is InChI=1S/C17H23N3/c1-13-7-8-16(14(2)10-13)17(18)12-20(3)11-15-6-4-5-9-19-15/h4-10,17H,11-12,18H2,1-3H3. The largest absolute Gasteiger partial charge is 0.323 e. The first kappa shape index (κ1) is 14.7. The molecule has 0 aliphatic carbocycles. The molecule has 1 aromatic carbocycles. The second-order valence-corrected chi connectivity index (χ2v) is 5.48. The van der Waals surface area contributed by atoms with Gasteiger partial charge in [-0.2, -0.15) is 0 Å². The first-order chi connectivity index (χ1) is 9.56. The molecular formula is C17H23N3. The third kappa shape index (κ3) is 3.89. The van der Waals surface area contributed by atoms with Crippen LogP contribution in [0.15, 0.2) is 42.6 Å². The lowest BCUT2D eigenvalue weighted by Gasteiger charge is -2.22. The topological polar surface area (TPSA) is 42.1 Å². The highest BCUT2D eigenvalue weighted by Crippen LogP contribution is 2.18. The zero-order chi connectivity index (χ0) is 14.5. The van der Waals surface area contributed by atoms with Gasteiger partial charge in [-0.1, -0.05) is 29.8 Å². The van der Waals surface area contributed by atoms with Gasteiger partial charge in [-0.3, -0.25) is 9.88 Å². The number of likely N-dealkylation sites (N-methyl/N-ethyl adjacent to an activating group) is 1. The number of hydrogen-bond acceptors (Lipinski definition) is 3. The third-order valence-corrected chi connectivity index (χ3v) is 3.49. The highest BCUT2D eigenvalue weighted by molar-refractivity contribution is 5.32. The van der Waals surface area contributed by atoms with Gasteiger partial charge in [0.05, 0.1) is 5.69 Å². The number of nitrogens with zero attached hydrogens (tertiary/aromatic N) is 2. The van der Waals surface area contributed by atoms with E-state index in [1.807, 2.05) is 24.4 Å². The smallest absolute Gasteiger partial charge is 0.0543 e. The summed E-state index contributed by atoms with van der Waals surface area (Å²) < 4.78 is 0. The highest BCUT2D eigenvalue weighted by Gasteiger charge is 2.12.